The average Bonchev–Trinajstić information content (AvgIpc) is 3.58. The molecule has 1 aromatic heterocycles. The second-order valence-corrected chi connectivity index (χ2v) is 10.4. The van der Waals surface area contributed by atoms with Crippen LogP contribution in [-0.4, -0.2) is 48.2 Å². The van der Waals surface area contributed by atoms with Crippen LogP contribution in [0.2, 0.25) is 0 Å². The number of aromatic nitrogens is 1. The fourth-order valence-corrected chi connectivity index (χ4v) is 5.56. The van der Waals surface area contributed by atoms with E-state index >= 15 is 0 Å². The number of aryl methyl sites for hydroxylation is 1. The molecule has 38 heavy (non-hydrogen) atoms. The minimum atomic E-state index is -0.0540. The second kappa shape index (κ2) is 12.3. The Balaban J connectivity index is 1.44. The number of hydrogen-bond acceptors (Lipinski definition) is 3. The van der Waals surface area contributed by atoms with Crippen LogP contribution >= 0.6 is 0 Å². The van der Waals surface area contributed by atoms with E-state index in [2.05, 4.69) is 88.6 Å². The molecule has 0 aliphatic carbocycles. The molecular weight excluding hydrogens is 470 g/mol. The Labute approximate surface area is 226 Å². The van der Waals surface area contributed by atoms with Crippen molar-refractivity contribution in [3.8, 4) is 5.75 Å². The van der Waals surface area contributed by atoms with Gasteiger partial charge in [0.25, 0.3) is 0 Å². The van der Waals surface area contributed by atoms with Crippen LogP contribution in [0.25, 0.3) is 10.9 Å². The summed E-state index contributed by atoms with van der Waals surface area (Å²) >= 11 is 0. The minimum absolute atomic E-state index is 0.0540. The first-order chi connectivity index (χ1) is 18.6. The van der Waals surface area contributed by atoms with Crippen LogP contribution in [0, 0.1) is 6.92 Å². The van der Waals surface area contributed by atoms with E-state index in [1.165, 1.54) is 40.4 Å². The van der Waals surface area contributed by atoms with Gasteiger partial charge in [0.1, 0.15) is 5.75 Å². The van der Waals surface area contributed by atoms with E-state index in [9.17, 15) is 4.79 Å². The monoisotopic (exact) mass is 509 g/mol. The molecule has 0 radical (unpaired) electrons. The highest BCUT2D eigenvalue weighted by Crippen LogP contribution is 2.36. The summed E-state index contributed by atoms with van der Waals surface area (Å²) < 4.78 is 8.01. The normalized spacial score (nSPS) is 14.6. The maximum Gasteiger partial charge on any atom is 0.220 e. The fourth-order valence-electron chi connectivity index (χ4n) is 5.56. The Bertz CT molecular complexity index is 1340. The van der Waals surface area contributed by atoms with Gasteiger partial charge in [-0.15, -0.1) is 0 Å². The fraction of sp³-hybridized carbons (Fsp3) is 0.364. The quantitative estimate of drug-likeness (QED) is 0.265. The van der Waals surface area contributed by atoms with Crippen LogP contribution in [0.3, 0.4) is 0 Å². The molecule has 1 aliphatic rings. The molecule has 1 saturated heterocycles. The van der Waals surface area contributed by atoms with Gasteiger partial charge in [-0.05, 0) is 74.7 Å². The van der Waals surface area contributed by atoms with Crippen LogP contribution in [0.4, 0.5) is 0 Å². The summed E-state index contributed by atoms with van der Waals surface area (Å²) in [5, 5.41) is 4.40. The number of rotatable bonds is 11. The lowest BCUT2D eigenvalue weighted by molar-refractivity contribution is -0.121. The maximum absolute atomic E-state index is 13.2. The zero-order valence-corrected chi connectivity index (χ0v) is 22.7. The lowest BCUT2D eigenvalue weighted by Crippen LogP contribution is -2.34. The number of nitrogens with zero attached hydrogens (tertiary/aromatic N) is 2. The zero-order valence-electron chi connectivity index (χ0n) is 22.7. The average molecular weight is 510 g/mol. The van der Waals surface area contributed by atoms with E-state index in [1.54, 1.807) is 0 Å². The van der Waals surface area contributed by atoms with Gasteiger partial charge in [-0.2, -0.15) is 0 Å². The molecular formula is C33H39N3O2. The summed E-state index contributed by atoms with van der Waals surface area (Å²) in [6.07, 6.45) is 5.19. The zero-order chi connectivity index (χ0) is 26.3. The summed E-state index contributed by atoms with van der Waals surface area (Å²) in [4.78, 5) is 15.7. The molecule has 3 aromatic carbocycles. The van der Waals surface area contributed by atoms with Crippen molar-refractivity contribution in [3.63, 3.8) is 0 Å². The number of ether oxygens (including phenoxy) is 1. The Morgan fingerprint density at radius 3 is 2.45 bits per heavy atom. The molecule has 5 heteroatoms. The van der Waals surface area contributed by atoms with Gasteiger partial charge in [-0.1, -0.05) is 60.2 Å². The summed E-state index contributed by atoms with van der Waals surface area (Å²) in [5.41, 5.74) is 6.03. The van der Waals surface area contributed by atoms with Gasteiger partial charge in [0.15, 0.2) is 0 Å². The second-order valence-electron chi connectivity index (χ2n) is 10.4. The van der Waals surface area contributed by atoms with E-state index in [0.717, 1.165) is 37.5 Å². The Morgan fingerprint density at radius 2 is 1.71 bits per heavy atom. The van der Waals surface area contributed by atoms with E-state index in [1.807, 2.05) is 19.1 Å². The van der Waals surface area contributed by atoms with Crippen LogP contribution in [0.1, 0.15) is 54.4 Å². The van der Waals surface area contributed by atoms with Crippen molar-refractivity contribution in [1.82, 2.24) is 14.8 Å². The van der Waals surface area contributed by atoms with Gasteiger partial charge in [-0.3, -0.25) is 4.79 Å². The van der Waals surface area contributed by atoms with Crippen molar-refractivity contribution < 1.29 is 9.53 Å². The molecule has 5 rings (SSSR count). The van der Waals surface area contributed by atoms with E-state index in [-0.39, 0.29) is 11.8 Å². The van der Waals surface area contributed by atoms with Gasteiger partial charge in [-0.25, -0.2) is 0 Å². The van der Waals surface area contributed by atoms with E-state index in [4.69, 9.17) is 4.74 Å². The van der Waals surface area contributed by atoms with Crippen LogP contribution in [0.15, 0.2) is 79.0 Å². The number of benzene rings is 3. The molecule has 5 nitrogen and oxygen atoms in total. The highest BCUT2D eigenvalue weighted by Gasteiger charge is 2.23. The number of carbonyl (C=O) groups is 1. The molecule has 2 heterocycles. The molecule has 0 unspecified atom stereocenters. The van der Waals surface area contributed by atoms with Crippen molar-refractivity contribution in [3.05, 3.63) is 101 Å². The molecule has 1 fully saturated rings. The van der Waals surface area contributed by atoms with Gasteiger partial charge in [0.05, 0.1) is 6.61 Å². The highest BCUT2D eigenvalue weighted by molar-refractivity contribution is 5.86. The van der Waals surface area contributed by atoms with Crippen molar-refractivity contribution in [2.24, 2.45) is 0 Å². The van der Waals surface area contributed by atoms with Gasteiger partial charge < -0.3 is 19.5 Å². The summed E-state index contributed by atoms with van der Waals surface area (Å²) in [6.45, 7) is 9.44. The number of nitrogens with one attached hydrogen (secondary N) is 1. The maximum atomic E-state index is 13.2. The molecule has 198 valence electrons. The third-order valence-corrected chi connectivity index (χ3v) is 7.60. The first kappa shape index (κ1) is 26.1. The third-order valence-electron chi connectivity index (χ3n) is 7.60. The lowest BCUT2D eigenvalue weighted by Gasteiger charge is -2.19. The molecule has 1 amide bonds. The van der Waals surface area contributed by atoms with E-state index in [0.29, 0.717) is 19.6 Å². The number of carbonyl (C=O) groups excluding carboxylic acids is 1. The summed E-state index contributed by atoms with van der Waals surface area (Å²) in [7, 11) is 0. The number of fused-ring (bicyclic) bond motifs is 1. The SMILES string of the molecule is CCOc1ccc([C@@H](CC(=O)NCCN2CCCC2)c2cn(Cc3ccc(C)cc3)c3ccccc23)cc1. The van der Waals surface area contributed by atoms with Crippen molar-refractivity contribution >= 4 is 16.8 Å². The minimum Gasteiger partial charge on any atom is -0.494 e. The first-order valence-corrected chi connectivity index (χ1v) is 14.0. The molecule has 1 N–H and O–H groups in total. The van der Waals surface area contributed by atoms with Crippen LogP contribution in [-0.2, 0) is 11.3 Å². The van der Waals surface area contributed by atoms with Gasteiger partial charge in [0, 0.05) is 49.1 Å². The van der Waals surface area contributed by atoms with Crippen LogP contribution in [0.5, 0.6) is 5.75 Å². The Morgan fingerprint density at radius 1 is 0.974 bits per heavy atom. The predicted molar refractivity (Wildman–Crippen MR) is 155 cm³/mol. The molecule has 1 atom stereocenters. The van der Waals surface area contributed by atoms with Gasteiger partial charge >= 0.3 is 0 Å². The van der Waals surface area contributed by atoms with Crippen LogP contribution < -0.4 is 10.1 Å². The molecule has 1 aliphatic heterocycles. The lowest BCUT2D eigenvalue weighted by atomic mass is 9.88. The number of amides is 1. The standard InChI is InChI=1S/C33H39N3O2/c1-3-38-28-16-14-27(15-17-28)30(22-33(37)34-18-21-35-19-6-7-20-35)31-24-36(32-9-5-4-8-29(31)32)23-26-12-10-25(2)11-13-26/h4-5,8-17,24,30H,3,6-7,18-23H2,1-2H3,(H,34,37)/t30-/m1/s1. The molecule has 0 spiro atoms. The molecule has 0 saturated carbocycles. The van der Waals surface area contributed by atoms with Gasteiger partial charge in [0.2, 0.25) is 5.91 Å². The number of hydrogen-bond donors (Lipinski definition) is 1. The van der Waals surface area contributed by atoms with E-state index < -0.39 is 0 Å². The van der Waals surface area contributed by atoms with Crippen molar-refractivity contribution in [2.75, 3.05) is 32.8 Å². The molecule has 0 bridgehead atoms. The number of likely N-dealkylation sites (tertiary alicyclic amines) is 1. The Kier molecular flexibility index (Phi) is 8.44. The number of para-hydroxylation sites is 1. The third kappa shape index (κ3) is 6.28. The van der Waals surface area contributed by atoms with Crippen molar-refractivity contribution in [1.29, 1.82) is 0 Å². The smallest absolute Gasteiger partial charge is 0.220 e. The topological polar surface area (TPSA) is 46.5 Å². The summed E-state index contributed by atoms with van der Waals surface area (Å²) in [6, 6.07) is 25.5. The molecule has 4 aromatic rings. The predicted octanol–water partition coefficient (Wildman–Crippen LogP) is 6.13. The largest absolute Gasteiger partial charge is 0.494 e. The first-order valence-electron chi connectivity index (χ1n) is 14.0. The van der Waals surface area contributed by atoms with Crippen molar-refractivity contribution in [2.45, 2.75) is 45.6 Å². The Hall–Kier alpha value is -3.57. The summed E-state index contributed by atoms with van der Waals surface area (Å²) in [5.74, 6) is 0.895. The highest BCUT2D eigenvalue weighted by atomic mass is 16.5.